The third-order valence-electron chi connectivity index (χ3n) is 3.94. The average Bonchev–Trinajstić information content (AvgIpc) is 2.42. The number of amides is 1. The Kier molecular flexibility index (Phi) is 4.40. The summed E-state index contributed by atoms with van der Waals surface area (Å²) in [4.78, 5) is 18.4. The minimum atomic E-state index is 0.0304. The molecule has 0 aromatic carbocycles. The van der Waals surface area contributed by atoms with Crippen LogP contribution in [-0.2, 0) is 0 Å². The van der Waals surface area contributed by atoms with Crippen LogP contribution in [0.2, 0.25) is 0 Å². The Morgan fingerprint density at radius 3 is 2.79 bits per heavy atom. The van der Waals surface area contributed by atoms with Crippen LogP contribution in [0.3, 0.4) is 0 Å². The summed E-state index contributed by atoms with van der Waals surface area (Å²) < 4.78 is 0. The van der Waals surface area contributed by atoms with E-state index in [1.54, 1.807) is 12.3 Å². The van der Waals surface area contributed by atoms with Gasteiger partial charge in [-0.1, -0.05) is 19.3 Å². The van der Waals surface area contributed by atoms with Crippen molar-refractivity contribution >= 4 is 11.6 Å². The molecular formula is C15H23N3O. The number of rotatable bonds is 3. The molecule has 2 rings (SSSR count). The highest BCUT2D eigenvalue weighted by molar-refractivity contribution is 5.95. The Balaban J connectivity index is 2.03. The molecule has 4 heteroatoms. The van der Waals surface area contributed by atoms with Crippen LogP contribution < -0.4 is 5.73 Å². The van der Waals surface area contributed by atoms with Crippen LogP contribution >= 0.6 is 0 Å². The number of aromatic nitrogens is 1. The molecule has 0 radical (unpaired) electrons. The van der Waals surface area contributed by atoms with Gasteiger partial charge in [0.25, 0.3) is 5.91 Å². The number of hydrogen-bond donors (Lipinski definition) is 1. The fraction of sp³-hybridized carbons (Fsp3) is 0.600. The Labute approximate surface area is 115 Å². The molecule has 0 bridgehead atoms. The lowest BCUT2D eigenvalue weighted by molar-refractivity contribution is 0.0759. The van der Waals surface area contributed by atoms with Gasteiger partial charge in [0.2, 0.25) is 0 Å². The van der Waals surface area contributed by atoms with Gasteiger partial charge in [-0.3, -0.25) is 9.78 Å². The van der Waals surface area contributed by atoms with Crippen molar-refractivity contribution < 1.29 is 4.79 Å². The zero-order valence-electron chi connectivity index (χ0n) is 11.9. The van der Waals surface area contributed by atoms with Crippen molar-refractivity contribution in [3.8, 4) is 0 Å². The van der Waals surface area contributed by atoms with E-state index in [9.17, 15) is 4.79 Å². The van der Waals surface area contributed by atoms with Crippen molar-refractivity contribution in [2.75, 3.05) is 19.3 Å². The number of anilines is 1. The molecule has 0 unspecified atom stereocenters. The topological polar surface area (TPSA) is 59.2 Å². The van der Waals surface area contributed by atoms with Crippen molar-refractivity contribution in [3.05, 3.63) is 23.5 Å². The number of hydrogen-bond acceptors (Lipinski definition) is 3. The van der Waals surface area contributed by atoms with E-state index in [2.05, 4.69) is 4.98 Å². The van der Waals surface area contributed by atoms with Gasteiger partial charge in [0.1, 0.15) is 0 Å². The third kappa shape index (κ3) is 3.46. The smallest absolute Gasteiger partial charge is 0.255 e. The van der Waals surface area contributed by atoms with Gasteiger partial charge in [-0.15, -0.1) is 0 Å². The van der Waals surface area contributed by atoms with Gasteiger partial charge in [0.05, 0.1) is 23.1 Å². The Hall–Kier alpha value is -1.58. The zero-order valence-corrected chi connectivity index (χ0v) is 11.9. The average molecular weight is 261 g/mol. The first-order valence-corrected chi connectivity index (χ1v) is 7.05. The summed E-state index contributed by atoms with van der Waals surface area (Å²) in [5.74, 6) is 0.680. The second-order valence-corrected chi connectivity index (χ2v) is 5.59. The lowest BCUT2D eigenvalue weighted by atomic mass is 9.89. The highest BCUT2D eigenvalue weighted by atomic mass is 16.2. The molecule has 1 saturated carbocycles. The molecule has 1 heterocycles. The van der Waals surface area contributed by atoms with E-state index >= 15 is 0 Å². The summed E-state index contributed by atoms with van der Waals surface area (Å²) in [5, 5.41) is 0. The number of carbonyl (C=O) groups excluding carboxylic acids is 1. The van der Waals surface area contributed by atoms with E-state index < -0.39 is 0 Å². The predicted molar refractivity (Wildman–Crippen MR) is 76.9 cm³/mol. The van der Waals surface area contributed by atoms with Gasteiger partial charge < -0.3 is 10.6 Å². The molecular weight excluding hydrogens is 238 g/mol. The van der Waals surface area contributed by atoms with Crippen molar-refractivity contribution in [1.82, 2.24) is 9.88 Å². The van der Waals surface area contributed by atoms with E-state index in [4.69, 9.17) is 5.73 Å². The molecule has 0 aliphatic heterocycles. The molecule has 104 valence electrons. The maximum Gasteiger partial charge on any atom is 0.255 e. The second kappa shape index (κ2) is 6.04. The summed E-state index contributed by atoms with van der Waals surface area (Å²) in [6, 6.07) is 1.72. The van der Waals surface area contributed by atoms with Crippen LogP contribution in [0, 0.1) is 12.8 Å². The van der Waals surface area contributed by atoms with Gasteiger partial charge >= 0.3 is 0 Å². The summed E-state index contributed by atoms with van der Waals surface area (Å²) in [5.41, 5.74) is 7.63. The SMILES string of the molecule is Cc1ncc(N)cc1C(=O)N(C)CC1CCCCC1. The highest BCUT2D eigenvalue weighted by Gasteiger charge is 2.20. The number of nitrogen functional groups attached to an aromatic ring is 1. The van der Waals surface area contributed by atoms with Gasteiger partial charge in [-0.05, 0) is 31.7 Å². The van der Waals surface area contributed by atoms with E-state index in [1.807, 2.05) is 18.9 Å². The van der Waals surface area contributed by atoms with Crippen molar-refractivity contribution in [3.63, 3.8) is 0 Å². The summed E-state index contributed by atoms with van der Waals surface area (Å²) >= 11 is 0. The Morgan fingerprint density at radius 2 is 2.11 bits per heavy atom. The van der Waals surface area contributed by atoms with Crippen molar-refractivity contribution in [2.45, 2.75) is 39.0 Å². The van der Waals surface area contributed by atoms with Crippen LogP contribution in [0.4, 0.5) is 5.69 Å². The van der Waals surface area contributed by atoms with Gasteiger partial charge in [-0.25, -0.2) is 0 Å². The summed E-state index contributed by atoms with van der Waals surface area (Å²) in [6.07, 6.45) is 8.01. The number of pyridine rings is 1. The second-order valence-electron chi connectivity index (χ2n) is 5.59. The van der Waals surface area contributed by atoms with Crippen molar-refractivity contribution in [1.29, 1.82) is 0 Å². The van der Waals surface area contributed by atoms with E-state index in [-0.39, 0.29) is 5.91 Å². The molecule has 1 amide bonds. The first-order chi connectivity index (χ1) is 9.08. The normalized spacial score (nSPS) is 16.3. The minimum absolute atomic E-state index is 0.0304. The number of nitrogens with two attached hydrogens (primary N) is 1. The number of carbonyl (C=O) groups is 1. The Bertz CT molecular complexity index is 453. The molecule has 2 N–H and O–H groups in total. The highest BCUT2D eigenvalue weighted by Crippen LogP contribution is 2.24. The van der Waals surface area contributed by atoms with Gasteiger partial charge in [0.15, 0.2) is 0 Å². The fourth-order valence-electron chi connectivity index (χ4n) is 2.81. The summed E-state index contributed by atoms with van der Waals surface area (Å²) in [6.45, 7) is 2.69. The van der Waals surface area contributed by atoms with Crippen LogP contribution in [0.15, 0.2) is 12.3 Å². The van der Waals surface area contributed by atoms with Gasteiger partial charge in [-0.2, -0.15) is 0 Å². The fourth-order valence-corrected chi connectivity index (χ4v) is 2.81. The standard InChI is InChI=1S/C15H23N3O/c1-11-14(8-13(16)9-17-11)15(19)18(2)10-12-6-4-3-5-7-12/h8-9,12H,3-7,10,16H2,1-2H3. The van der Waals surface area contributed by atoms with Crippen LogP contribution in [0.1, 0.15) is 48.2 Å². The molecule has 19 heavy (non-hydrogen) atoms. The monoisotopic (exact) mass is 261 g/mol. The predicted octanol–water partition coefficient (Wildman–Crippen LogP) is 2.62. The molecule has 1 aliphatic carbocycles. The minimum Gasteiger partial charge on any atom is -0.397 e. The van der Waals surface area contributed by atoms with Crippen molar-refractivity contribution in [2.24, 2.45) is 5.92 Å². The number of nitrogens with zero attached hydrogens (tertiary/aromatic N) is 2. The third-order valence-corrected chi connectivity index (χ3v) is 3.94. The van der Waals surface area contributed by atoms with Crippen LogP contribution in [0.5, 0.6) is 0 Å². The molecule has 1 aliphatic rings. The molecule has 1 aromatic rings. The maximum absolute atomic E-state index is 12.4. The first-order valence-electron chi connectivity index (χ1n) is 7.05. The van der Waals surface area contributed by atoms with E-state index in [0.29, 0.717) is 17.2 Å². The largest absolute Gasteiger partial charge is 0.397 e. The number of aryl methyl sites for hydroxylation is 1. The lowest BCUT2D eigenvalue weighted by Crippen LogP contribution is -2.33. The van der Waals surface area contributed by atoms with Crippen LogP contribution in [-0.4, -0.2) is 29.4 Å². The van der Waals surface area contributed by atoms with E-state index in [0.717, 1.165) is 12.2 Å². The Morgan fingerprint density at radius 1 is 1.42 bits per heavy atom. The molecule has 4 nitrogen and oxygen atoms in total. The molecule has 0 spiro atoms. The summed E-state index contributed by atoms with van der Waals surface area (Å²) in [7, 11) is 1.87. The quantitative estimate of drug-likeness (QED) is 0.910. The van der Waals surface area contributed by atoms with Crippen LogP contribution in [0.25, 0.3) is 0 Å². The van der Waals surface area contributed by atoms with E-state index in [1.165, 1.54) is 32.1 Å². The molecule has 1 aromatic heterocycles. The molecule has 0 atom stereocenters. The zero-order chi connectivity index (χ0) is 13.8. The molecule has 1 fully saturated rings. The van der Waals surface area contributed by atoms with Gasteiger partial charge in [0, 0.05) is 13.6 Å². The first kappa shape index (κ1) is 13.8. The maximum atomic E-state index is 12.4. The lowest BCUT2D eigenvalue weighted by Gasteiger charge is -2.27. The molecule has 0 saturated heterocycles.